The van der Waals surface area contributed by atoms with Gasteiger partial charge in [0.05, 0.1) is 5.56 Å². The molecule has 0 radical (unpaired) electrons. The van der Waals surface area contributed by atoms with Crippen LogP contribution in [0.15, 0.2) is 24.3 Å². The normalized spacial score (nSPS) is 28.2. The van der Waals surface area contributed by atoms with Crippen molar-refractivity contribution in [2.45, 2.75) is 37.6 Å². The van der Waals surface area contributed by atoms with Crippen LogP contribution in [-0.2, 0) is 4.74 Å². The van der Waals surface area contributed by atoms with Crippen LogP contribution in [0.2, 0.25) is 0 Å². The Kier molecular flexibility index (Phi) is 5.23. The molecule has 2 saturated heterocycles. The monoisotopic (exact) mass is 393 g/mol. The second-order valence-electron chi connectivity index (χ2n) is 7.97. The van der Waals surface area contributed by atoms with Gasteiger partial charge < -0.3 is 20.3 Å². The number of carbonyl (C=O) groups is 2. The van der Waals surface area contributed by atoms with Crippen molar-refractivity contribution in [3.8, 4) is 0 Å². The van der Waals surface area contributed by atoms with Gasteiger partial charge >= 0.3 is 12.0 Å². The molecule has 0 spiro atoms. The molecule has 4 rings (SSSR count). The van der Waals surface area contributed by atoms with E-state index in [-0.39, 0.29) is 31.0 Å². The molecule has 6 nitrogen and oxygen atoms in total. The van der Waals surface area contributed by atoms with Crippen LogP contribution in [-0.4, -0.2) is 55.1 Å². The smallest absolute Gasteiger partial charge is 0.338 e. The van der Waals surface area contributed by atoms with Gasteiger partial charge in [0.15, 0.2) is 0 Å². The van der Waals surface area contributed by atoms with Gasteiger partial charge in [-0.15, -0.1) is 0 Å². The minimum atomic E-state index is -2.67. The van der Waals surface area contributed by atoms with E-state index < -0.39 is 17.8 Å². The topological polar surface area (TPSA) is 70.7 Å². The van der Waals surface area contributed by atoms with Gasteiger partial charge in [0.25, 0.3) is 5.92 Å². The molecule has 1 unspecified atom stereocenters. The van der Waals surface area contributed by atoms with E-state index in [1.807, 2.05) is 0 Å². The van der Waals surface area contributed by atoms with E-state index in [1.54, 1.807) is 24.3 Å². The predicted octanol–water partition coefficient (Wildman–Crippen LogP) is 3.10. The number of anilines is 1. The molecule has 3 atom stereocenters. The van der Waals surface area contributed by atoms with E-state index in [0.717, 1.165) is 19.4 Å². The van der Waals surface area contributed by atoms with Gasteiger partial charge in [-0.3, -0.25) is 0 Å². The Bertz CT molecular complexity index is 735. The number of benzene rings is 1. The van der Waals surface area contributed by atoms with Crippen molar-refractivity contribution >= 4 is 17.7 Å². The van der Waals surface area contributed by atoms with Crippen LogP contribution in [0, 0.1) is 11.8 Å². The quantitative estimate of drug-likeness (QED) is 0.772. The number of carbonyl (C=O) groups excluding carboxylic acids is 2. The zero-order valence-corrected chi connectivity index (χ0v) is 15.6. The van der Waals surface area contributed by atoms with Crippen molar-refractivity contribution in [1.82, 2.24) is 10.2 Å². The lowest BCUT2D eigenvalue weighted by Gasteiger charge is -2.21. The third kappa shape index (κ3) is 3.97. The molecule has 152 valence electrons. The van der Waals surface area contributed by atoms with Crippen molar-refractivity contribution in [1.29, 1.82) is 0 Å². The largest absolute Gasteiger partial charge is 0.460 e. The van der Waals surface area contributed by atoms with Crippen molar-refractivity contribution in [2.24, 2.45) is 11.8 Å². The Morgan fingerprint density at radius 3 is 2.68 bits per heavy atom. The maximum atomic E-state index is 13.8. The van der Waals surface area contributed by atoms with Crippen LogP contribution < -0.4 is 10.6 Å². The first-order chi connectivity index (χ1) is 13.4. The van der Waals surface area contributed by atoms with E-state index in [2.05, 4.69) is 10.6 Å². The molecule has 2 heterocycles. The number of esters is 1. The lowest BCUT2D eigenvalue weighted by Crippen LogP contribution is -2.35. The number of urea groups is 1. The van der Waals surface area contributed by atoms with Gasteiger partial charge in [-0.2, -0.15) is 0 Å². The van der Waals surface area contributed by atoms with E-state index >= 15 is 0 Å². The highest BCUT2D eigenvalue weighted by Crippen LogP contribution is 2.48. The highest BCUT2D eigenvalue weighted by Gasteiger charge is 2.54. The number of nitrogens with zero attached hydrogens (tertiary/aromatic N) is 1. The summed E-state index contributed by atoms with van der Waals surface area (Å²) in [7, 11) is 0. The second kappa shape index (κ2) is 7.66. The molecular formula is C20H25F2N3O3. The molecule has 1 aromatic carbocycles. The maximum absolute atomic E-state index is 13.8. The number of halogens is 2. The Morgan fingerprint density at radius 1 is 1.21 bits per heavy atom. The van der Waals surface area contributed by atoms with Crippen LogP contribution in [0.5, 0.6) is 0 Å². The fourth-order valence-corrected chi connectivity index (χ4v) is 4.42. The molecule has 2 aliphatic heterocycles. The van der Waals surface area contributed by atoms with Crippen LogP contribution in [0.3, 0.4) is 0 Å². The van der Waals surface area contributed by atoms with E-state index in [4.69, 9.17) is 4.74 Å². The second-order valence-corrected chi connectivity index (χ2v) is 7.97. The lowest BCUT2D eigenvalue weighted by atomic mass is 9.99. The third-order valence-corrected chi connectivity index (χ3v) is 6.07. The summed E-state index contributed by atoms with van der Waals surface area (Å²) >= 11 is 0. The number of likely N-dealkylation sites (tertiary alicyclic amines) is 1. The number of hydrogen-bond donors (Lipinski definition) is 2. The molecule has 1 aliphatic carbocycles. The molecular weight excluding hydrogens is 368 g/mol. The molecule has 1 saturated carbocycles. The average molecular weight is 393 g/mol. The molecule has 3 aliphatic rings. The van der Waals surface area contributed by atoms with E-state index in [1.165, 1.54) is 4.90 Å². The van der Waals surface area contributed by atoms with Gasteiger partial charge in [-0.05, 0) is 56.0 Å². The standard InChI is InChI=1S/C20H25F2N3O3/c21-20(22)8-7-14-10-25(11-17(14)20)19(27)24-15-5-3-13(4-6-15)18(26)28-12-16-2-1-9-23-16/h3-6,14,16-17,23H,1-2,7-12H2,(H,24,27)/t14-,16?,17+/m1/s1. The Hall–Kier alpha value is -2.22. The third-order valence-electron chi connectivity index (χ3n) is 6.07. The highest BCUT2D eigenvalue weighted by molar-refractivity contribution is 5.92. The van der Waals surface area contributed by atoms with Gasteiger partial charge in [-0.25, -0.2) is 18.4 Å². The van der Waals surface area contributed by atoms with Crippen LogP contribution in [0.25, 0.3) is 0 Å². The van der Waals surface area contributed by atoms with E-state index in [9.17, 15) is 18.4 Å². The molecule has 28 heavy (non-hydrogen) atoms. The maximum Gasteiger partial charge on any atom is 0.338 e. The zero-order valence-electron chi connectivity index (χ0n) is 15.6. The van der Waals surface area contributed by atoms with Gasteiger partial charge in [0.1, 0.15) is 6.61 Å². The zero-order chi connectivity index (χ0) is 19.7. The number of rotatable bonds is 4. The minimum absolute atomic E-state index is 0.0772. The Balaban J connectivity index is 1.28. The fraction of sp³-hybridized carbons (Fsp3) is 0.600. The van der Waals surface area contributed by atoms with Crippen molar-refractivity contribution < 1.29 is 23.1 Å². The summed E-state index contributed by atoms with van der Waals surface area (Å²) in [6.45, 7) is 1.75. The molecule has 8 heteroatoms. The van der Waals surface area contributed by atoms with Crippen LogP contribution >= 0.6 is 0 Å². The molecule has 2 N–H and O–H groups in total. The summed E-state index contributed by atoms with van der Waals surface area (Å²) in [5.74, 6) is -3.92. The SMILES string of the molecule is O=C(OCC1CCCN1)c1ccc(NC(=O)N2C[C@H]3CCC(F)(F)[C@H]3C2)cc1. The summed E-state index contributed by atoms with van der Waals surface area (Å²) in [6.07, 6.45) is 2.48. The number of alkyl halides is 2. The first-order valence-corrected chi connectivity index (χ1v) is 9.87. The average Bonchev–Trinajstić information content (AvgIpc) is 3.39. The molecule has 0 bridgehead atoms. The number of amides is 2. The van der Waals surface area contributed by atoms with Crippen molar-refractivity contribution in [3.05, 3.63) is 29.8 Å². The first kappa shape index (κ1) is 19.1. The highest BCUT2D eigenvalue weighted by atomic mass is 19.3. The summed E-state index contributed by atoms with van der Waals surface area (Å²) in [4.78, 5) is 26.0. The number of hydrogen-bond acceptors (Lipinski definition) is 4. The van der Waals surface area contributed by atoms with Crippen LogP contribution in [0.4, 0.5) is 19.3 Å². The molecule has 0 aromatic heterocycles. The summed E-state index contributed by atoms with van der Waals surface area (Å²) in [6, 6.07) is 6.25. The molecule has 2 amide bonds. The van der Waals surface area contributed by atoms with Gasteiger partial charge in [0, 0.05) is 37.2 Å². The summed E-state index contributed by atoms with van der Waals surface area (Å²) < 4.78 is 33.0. The Morgan fingerprint density at radius 2 is 2.00 bits per heavy atom. The Labute approximate surface area is 162 Å². The first-order valence-electron chi connectivity index (χ1n) is 9.87. The number of fused-ring (bicyclic) bond motifs is 1. The minimum Gasteiger partial charge on any atom is -0.460 e. The van der Waals surface area contributed by atoms with Crippen molar-refractivity contribution in [3.63, 3.8) is 0 Å². The van der Waals surface area contributed by atoms with E-state index in [0.29, 0.717) is 30.8 Å². The summed E-state index contributed by atoms with van der Waals surface area (Å²) in [5.41, 5.74) is 0.925. The van der Waals surface area contributed by atoms with Crippen molar-refractivity contribution in [2.75, 3.05) is 31.6 Å². The molecule has 1 aromatic rings. The van der Waals surface area contributed by atoms with Crippen LogP contribution in [0.1, 0.15) is 36.0 Å². The van der Waals surface area contributed by atoms with Gasteiger partial charge in [-0.1, -0.05) is 0 Å². The predicted molar refractivity (Wildman–Crippen MR) is 99.5 cm³/mol. The fourth-order valence-electron chi connectivity index (χ4n) is 4.42. The number of nitrogens with one attached hydrogen (secondary N) is 2. The summed E-state index contributed by atoms with van der Waals surface area (Å²) in [5, 5.41) is 5.99. The lowest BCUT2D eigenvalue weighted by molar-refractivity contribution is -0.0383. The van der Waals surface area contributed by atoms with Gasteiger partial charge in [0.2, 0.25) is 0 Å². The molecule has 3 fully saturated rings. The number of ether oxygens (including phenoxy) is 1.